The van der Waals surface area contributed by atoms with Gasteiger partial charge >= 0.3 is 6.18 Å². The second-order valence-corrected chi connectivity index (χ2v) is 9.46. The van der Waals surface area contributed by atoms with Crippen LogP contribution in [0.25, 0.3) is 0 Å². The summed E-state index contributed by atoms with van der Waals surface area (Å²) in [6, 6.07) is 7.57. The molecule has 234 valence electrons. The maximum Gasteiger partial charge on any atom is 0.420 e. The van der Waals surface area contributed by atoms with E-state index in [0.717, 1.165) is 36.2 Å². The minimum absolute atomic E-state index is 0.234. The van der Waals surface area contributed by atoms with Crippen molar-refractivity contribution in [1.82, 2.24) is 5.32 Å². The minimum Gasteiger partial charge on any atom is -0.362 e. The number of nitrogens with one attached hydrogen (secondary N) is 1. The number of unbranched alkanes of at least 4 members (excludes halogenated alkanes) is 1. The highest BCUT2D eigenvalue weighted by Gasteiger charge is 2.60. The van der Waals surface area contributed by atoms with Crippen molar-refractivity contribution >= 4 is 47.3 Å². The molecule has 2 aromatic carbocycles. The van der Waals surface area contributed by atoms with E-state index in [1.165, 1.54) is 24.0 Å². The van der Waals surface area contributed by atoms with Crippen molar-refractivity contribution in [1.29, 1.82) is 5.26 Å². The largest absolute Gasteiger partial charge is 0.420 e. The predicted octanol–water partition coefficient (Wildman–Crippen LogP) is 6.85. The quantitative estimate of drug-likeness (QED) is 0.214. The molecule has 1 spiro atoms. The van der Waals surface area contributed by atoms with Crippen LogP contribution in [0.3, 0.4) is 0 Å². The Morgan fingerprint density at radius 1 is 1.14 bits per heavy atom. The third kappa shape index (κ3) is 7.93. The van der Waals surface area contributed by atoms with Crippen LogP contribution in [-0.4, -0.2) is 36.3 Å². The number of carbonyl (C=O) groups excluding carboxylic acids is 3. The Balaban J connectivity index is 0.000000916. The Kier molecular flexibility index (Phi) is 14.4. The average Bonchev–Trinajstić information content (AvgIpc) is 3.19. The zero-order valence-electron chi connectivity index (χ0n) is 24.6. The van der Waals surface area contributed by atoms with Gasteiger partial charge in [0.25, 0.3) is 5.91 Å². The molecule has 2 aliphatic rings. The first-order chi connectivity index (χ1) is 20.4. The van der Waals surface area contributed by atoms with Gasteiger partial charge in [0.15, 0.2) is 10.9 Å². The van der Waals surface area contributed by atoms with Crippen molar-refractivity contribution in [2.24, 2.45) is 0 Å². The molecule has 1 aliphatic carbocycles. The van der Waals surface area contributed by atoms with Crippen LogP contribution in [0.2, 0.25) is 0 Å². The molecule has 1 heterocycles. The van der Waals surface area contributed by atoms with Crippen LogP contribution in [0.5, 0.6) is 0 Å². The van der Waals surface area contributed by atoms with Crippen LogP contribution in [0, 0.1) is 23.0 Å². The fourth-order valence-electron chi connectivity index (χ4n) is 4.55. The summed E-state index contributed by atoms with van der Waals surface area (Å²) < 4.78 is 70.5. The van der Waals surface area contributed by atoms with Gasteiger partial charge in [-0.1, -0.05) is 33.3 Å². The summed E-state index contributed by atoms with van der Waals surface area (Å²) in [5.74, 6) is -2.89. The molecule has 43 heavy (non-hydrogen) atoms. The van der Waals surface area contributed by atoms with Gasteiger partial charge in [0.2, 0.25) is 6.41 Å². The molecule has 13 heteroatoms. The Hall–Kier alpha value is -3.92. The molecule has 0 radical (unpaired) electrons. The highest BCUT2D eigenvalue weighted by Crippen LogP contribution is 2.49. The molecule has 2 fully saturated rings. The standard InChI is InChI=1S/C24H20F5N3OS.C2H5NO.C2H4O.C2H6/c1-2-3-5-14-6-8-16(12-17(14)25)32-22(34)31(21(33)23(32)10-4-11-23)18-9-7-15(13-30)19(20(18)26)24(27,28)29;1-3-2-4;1-2-3;1-2/h6-9,12H,2-5,10-11H2,1H3;2H,1H3,(H,3,4);2H,1H3;1-2H3. The zero-order valence-corrected chi connectivity index (χ0v) is 25.5. The Morgan fingerprint density at radius 3 is 2.14 bits per heavy atom. The number of anilines is 2. The first-order valence-corrected chi connectivity index (χ1v) is 14.1. The van der Waals surface area contributed by atoms with Crippen LogP contribution in [0.15, 0.2) is 30.3 Å². The number of aryl methyl sites for hydroxylation is 1. The lowest BCUT2D eigenvalue weighted by atomic mass is 9.75. The van der Waals surface area contributed by atoms with Gasteiger partial charge in [-0.15, -0.1) is 0 Å². The maximum atomic E-state index is 15.2. The lowest BCUT2D eigenvalue weighted by molar-refractivity contribution is -0.140. The van der Waals surface area contributed by atoms with Gasteiger partial charge < -0.3 is 15.0 Å². The van der Waals surface area contributed by atoms with Crippen molar-refractivity contribution in [2.75, 3.05) is 16.8 Å². The Labute approximate surface area is 253 Å². The van der Waals surface area contributed by atoms with Gasteiger partial charge in [0.1, 0.15) is 23.2 Å². The van der Waals surface area contributed by atoms with Gasteiger partial charge in [-0.3, -0.25) is 14.5 Å². The van der Waals surface area contributed by atoms with Gasteiger partial charge in [0.05, 0.1) is 17.3 Å². The summed E-state index contributed by atoms with van der Waals surface area (Å²) in [7, 11) is 1.56. The van der Waals surface area contributed by atoms with E-state index in [9.17, 15) is 22.4 Å². The minimum atomic E-state index is -5.15. The van der Waals surface area contributed by atoms with Gasteiger partial charge in [-0.2, -0.15) is 18.4 Å². The molecule has 0 atom stereocenters. The highest BCUT2D eigenvalue weighted by molar-refractivity contribution is 7.81. The van der Waals surface area contributed by atoms with Crippen LogP contribution in [0.1, 0.15) is 76.5 Å². The van der Waals surface area contributed by atoms with E-state index in [-0.39, 0.29) is 10.8 Å². The summed E-state index contributed by atoms with van der Waals surface area (Å²) in [6.45, 7) is 7.43. The van der Waals surface area contributed by atoms with E-state index in [1.54, 1.807) is 19.2 Å². The van der Waals surface area contributed by atoms with Crippen molar-refractivity contribution in [3.63, 3.8) is 0 Å². The zero-order chi connectivity index (χ0) is 33.0. The smallest absolute Gasteiger partial charge is 0.362 e. The van der Waals surface area contributed by atoms with E-state index in [4.69, 9.17) is 27.1 Å². The number of hydrogen-bond acceptors (Lipinski definition) is 5. The number of alkyl halides is 3. The Bertz CT molecular complexity index is 1340. The number of benzene rings is 2. The second-order valence-electron chi connectivity index (χ2n) is 9.10. The van der Waals surface area contributed by atoms with Gasteiger partial charge in [-0.25, -0.2) is 8.78 Å². The number of carbonyl (C=O) groups is 3. The lowest BCUT2D eigenvalue weighted by Crippen LogP contribution is -2.55. The molecular weight excluding hydrogens is 591 g/mol. The number of amides is 2. The monoisotopic (exact) mass is 626 g/mol. The molecular formula is C30H35F5N4O3S. The molecule has 7 nitrogen and oxygen atoms in total. The first-order valence-electron chi connectivity index (χ1n) is 13.7. The number of thiocarbonyl (C=S) groups is 1. The van der Waals surface area contributed by atoms with Crippen molar-refractivity contribution in [3.8, 4) is 6.07 Å². The summed E-state index contributed by atoms with van der Waals surface area (Å²) in [5, 5.41) is 11.0. The van der Waals surface area contributed by atoms with Crippen LogP contribution < -0.4 is 15.1 Å². The van der Waals surface area contributed by atoms with Crippen LogP contribution in [-0.2, 0) is 27.0 Å². The summed E-state index contributed by atoms with van der Waals surface area (Å²) in [6.07, 6.45) is -0.217. The number of halogens is 5. The fraction of sp³-hybridized carbons (Fsp3) is 0.433. The summed E-state index contributed by atoms with van der Waals surface area (Å²) >= 11 is 5.45. The SMILES string of the molecule is CC.CC=O.CCCCc1ccc(N2C(=S)N(c3ccc(C#N)c(C(F)(F)F)c3F)C(=O)C23CCC3)cc1F.CNC=O. The van der Waals surface area contributed by atoms with Gasteiger partial charge in [-0.05, 0) is 81.1 Å². The molecule has 0 bridgehead atoms. The topological polar surface area (TPSA) is 93.5 Å². The van der Waals surface area contributed by atoms with E-state index >= 15 is 4.39 Å². The molecule has 1 N–H and O–H groups in total. The van der Waals surface area contributed by atoms with E-state index in [1.807, 2.05) is 20.8 Å². The molecule has 1 saturated heterocycles. The molecule has 1 saturated carbocycles. The van der Waals surface area contributed by atoms with Crippen molar-refractivity contribution in [2.45, 2.75) is 77.9 Å². The normalized spacial score (nSPS) is 14.6. The molecule has 0 unspecified atom stereocenters. The third-order valence-corrected chi connectivity index (χ3v) is 6.94. The van der Waals surface area contributed by atoms with Crippen molar-refractivity contribution in [3.05, 3.63) is 58.7 Å². The number of hydrogen-bond donors (Lipinski definition) is 1. The number of nitriles is 1. The van der Waals surface area contributed by atoms with Crippen LogP contribution >= 0.6 is 12.2 Å². The second kappa shape index (κ2) is 16.6. The van der Waals surface area contributed by atoms with E-state index < -0.39 is 46.1 Å². The Morgan fingerprint density at radius 2 is 1.72 bits per heavy atom. The number of nitrogens with zero attached hydrogens (tertiary/aromatic N) is 3. The highest BCUT2D eigenvalue weighted by atomic mass is 32.1. The summed E-state index contributed by atoms with van der Waals surface area (Å²) in [5.41, 5.74) is -3.76. The number of aldehydes is 1. The third-order valence-electron chi connectivity index (χ3n) is 6.57. The van der Waals surface area contributed by atoms with E-state index in [0.29, 0.717) is 37.7 Å². The molecule has 2 amide bonds. The van der Waals surface area contributed by atoms with Gasteiger partial charge in [0, 0.05) is 12.7 Å². The fourth-order valence-corrected chi connectivity index (χ4v) is 5.01. The predicted molar refractivity (Wildman–Crippen MR) is 158 cm³/mol. The summed E-state index contributed by atoms with van der Waals surface area (Å²) in [4.78, 5) is 33.5. The lowest BCUT2D eigenvalue weighted by Gasteiger charge is -2.43. The average molecular weight is 627 g/mol. The first kappa shape index (κ1) is 37.1. The van der Waals surface area contributed by atoms with E-state index in [2.05, 4.69) is 5.32 Å². The maximum absolute atomic E-state index is 15.2. The number of rotatable bonds is 6. The van der Waals surface area contributed by atoms with Crippen LogP contribution in [0.4, 0.5) is 33.3 Å². The molecule has 0 aromatic heterocycles. The molecule has 1 aliphatic heterocycles. The van der Waals surface area contributed by atoms with Crippen molar-refractivity contribution < 1.29 is 36.3 Å². The molecule has 4 rings (SSSR count). The molecule has 2 aromatic rings.